The van der Waals surface area contributed by atoms with E-state index in [1.807, 2.05) is 40.7 Å². The van der Waals surface area contributed by atoms with E-state index in [4.69, 9.17) is 23.2 Å². The number of sulfonamides is 1. The van der Waals surface area contributed by atoms with E-state index in [0.717, 1.165) is 21.7 Å². The zero-order chi connectivity index (χ0) is 27.2. The summed E-state index contributed by atoms with van der Waals surface area (Å²) in [5, 5.41) is 3.69. The van der Waals surface area contributed by atoms with E-state index in [0.29, 0.717) is 34.3 Å². The predicted molar refractivity (Wildman–Crippen MR) is 147 cm³/mol. The largest absolute Gasteiger partial charge is 0.354 e. The van der Waals surface area contributed by atoms with Crippen molar-refractivity contribution in [3.63, 3.8) is 0 Å². The summed E-state index contributed by atoms with van der Waals surface area (Å²) in [6, 6.07) is 9.40. The van der Waals surface area contributed by atoms with E-state index in [-0.39, 0.29) is 18.4 Å². The third kappa shape index (κ3) is 7.85. The minimum absolute atomic E-state index is 0.0207. The molecule has 2 aromatic rings. The Labute approximate surface area is 224 Å². The van der Waals surface area contributed by atoms with Gasteiger partial charge in [-0.3, -0.25) is 13.9 Å². The molecule has 0 saturated carbocycles. The number of benzene rings is 2. The van der Waals surface area contributed by atoms with Crippen molar-refractivity contribution < 1.29 is 18.0 Å². The van der Waals surface area contributed by atoms with Crippen LogP contribution in [0.1, 0.15) is 43.9 Å². The summed E-state index contributed by atoms with van der Waals surface area (Å²) >= 11 is 12.4. The fourth-order valence-electron chi connectivity index (χ4n) is 3.78. The number of halogens is 2. The molecule has 2 aromatic carbocycles. The van der Waals surface area contributed by atoms with Crippen LogP contribution in [0.2, 0.25) is 10.0 Å². The highest BCUT2D eigenvalue weighted by atomic mass is 35.5. The van der Waals surface area contributed by atoms with E-state index in [1.165, 1.54) is 4.90 Å². The first-order valence-electron chi connectivity index (χ1n) is 11.8. The second kappa shape index (κ2) is 12.8. The minimum Gasteiger partial charge on any atom is -0.354 e. The summed E-state index contributed by atoms with van der Waals surface area (Å²) in [5.41, 5.74) is 2.68. The van der Waals surface area contributed by atoms with Gasteiger partial charge in [-0.2, -0.15) is 0 Å². The van der Waals surface area contributed by atoms with Crippen LogP contribution in [0.5, 0.6) is 0 Å². The van der Waals surface area contributed by atoms with Crippen molar-refractivity contribution in [2.45, 2.75) is 53.6 Å². The number of rotatable bonds is 11. The summed E-state index contributed by atoms with van der Waals surface area (Å²) in [5.74, 6) is -0.590. The van der Waals surface area contributed by atoms with Gasteiger partial charge in [0.25, 0.3) is 0 Å². The zero-order valence-corrected chi connectivity index (χ0v) is 24.0. The lowest BCUT2D eigenvalue weighted by molar-refractivity contribution is -0.140. The Hall–Kier alpha value is -2.29. The second-order valence-electron chi connectivity index (χ2n) is 9.31. The van der Waals surface area contributed by atoms with Gasteiger partial charge in [0.1, 0.15) is 12.6 Å². The number of anilines is 1. The molecule has 0 fully saturated rings. The Morgan fingerprint density at radius 2 is 1.75 bits per heavy atom. The maximum atomic E-state index is 13.8. The fourth-order valence-corrected chi connectivity index (χ4v) is 5.14. The van der Waals surface area contributed by atoms with Gasteiger partial charge in [-0.05, 0) is 61.1 Å². The van der Waals surface area contributed by atoms with E-state index in [9.17, 15) is 18.0 Å². The van der Waals surface area contributed by atoms with Crippen molar-refractivity contribution in [2.24, 2.45) is 5.92 Å². The first-order chi connectivity index (χ1) is 16.8. The molecule has 0 aliphatic rings. The highest BCUT2D eigenvalue weighted by Gasteiger charge is 2.32. The minimum atomic E-state index is -3.80. The Morgan fingerprint density at radius 1 is 1.08 bits per heavy atom. The average molecular weight is 557 g/mol. The molecule has 0 unspecified atom stereocenters. The molecular formula is C26H35Cl2N3O4S. The van der Waals surface area contributed by atoms with Crippen molar-refractivity contribution in [3.05, 3.63) is 63.1 Å². The molecule has 0 bridgehead atoms. The van der Waals surface area contributed by atoms with E-state index >= 15 is 0 Å². The van der Waals surface area contributed by atoms with Gasteiger partial charge in [0, 0.05) is 23.1 Å². The molecule has 0 aliphatic heterocycles. The van der Waals surface area contributed by atoms with Gasteiger partial charge in [0.2, 0.25) is 21.8 Å². The predicted octanol–water partition coefficient (Wildman–Crippen LogP) is 4.96. The first kappa shape index (κ1) is 29.9. The zero-order valence-electron chi connectivity index (χ0n) is 21.6. The Balaban J connectivity index is 2.50. The van der Waals surface area contributed by atoms with E-state index in [2.05, 4.69) is 5.32 Å². The number of aryl methyl sites for hydroxylation is 1. The molecule has 0 saturated heterocycles. The topological polar surface area (TPSA) is 86.8 Å². The van der Waals surface area contributed by atoms with Crippen LogP contribution >= 0.6 is 23.2 Å². The lowest BCUT2D eigenvalue weighted by atomic mass is 10.1. The average Bonchev–Trinajstić information content (AvgIpc) is 2.78. The van der Waals surface area contributed by atoms with Gasteiger partial charge in [-0.25, -0.2) is 8.42 Å². The molecule has 0 aliphatic carbocycles. The molecule has 7 nitrogen and oxygen atoms in total. The standard InChI is InChI=1S/C26H35Cl2N3O4S/c1-7-23(26(33)29-14-17(2)3)30(15-20-11-12-21(27)13-22(20)28)25(32)16-31(36(6,34)35)24-10-8-9-18(4)19(24)5/h8-13,17,23H,7,14-16H2,1-6H3,(H,29,33)/t23-/m0/s1. The molecule has 36 heavy (non-hydrogen) atoms. The molecule has 1 N–H and O–H groups in total. The summed E-state index contributed by atoms with van der Waals surface area (Å²) in [6.45, 7) is 9.47. The van der Waals surface area contributed by atoms with Crippen LogP contribution in [0.25, 0.3) is 0 Å². The first-order valence-corrected chi connectivity index (χ1v) is 14.4. The molecule has 198 valence electrons. The van der Waals surface area contributed by atoms with E-state index in [1.54, 1.807) is 30.3 Å². The van der Waals surface area contributed by atoms with Crippen LogP contribution in [0.15, 0.2) is 36.4 Å². The highest BCUT2D eigenvalue weighted by Crippen LogP contribution is 2.27. The fraction of sp³-hybridized carbons (Fsp3) is 0.462. The number of carbonyl (C=O) groups is 2. The molecule has 2 amide bonds. The third-order valence-corrected chi connectivity index (χ3v) is 7.66. The van der Waals surface area contributed by atoms with Crippen LogP contribution < -0.4 is 9.62 Å². The third-order valence-electron chi connectivity index (χ3n) is 5.95. The Kier molecular flexibility index (Phi) is 10.6. The van der Waals surface area contributed by atoms with Crippen LogP contribution in [-0.4, -0.2) is 50.5 Å². The number of nitrogens with zero attached hydrogens (tertiary/aromatic N) is 2. The molecule has 0 heterocycles. The number of nitrogens with one attached hydrogen (secondary N) is 1. The molecule has 1 atom stereocenters. The number of hydrogen-bond acceptors (Lipinski definition) is 4. The van der Waals surface area contributed by atoms with Crippen LogP contribution in [0.3, 0.4) is 0 Å². The maximum absolute atomic E-state index is 13.8. The quantitative estimate of drug-likeness (QED) is 0.424. The van der Waals surface area contributed by atoms with Crippen LogP contribution in [0.4, 0.5) is 5.69 Å². The van der Waals surface area contributed by atoms with Gasteiger partial charge in [0.15, 0.2) is 0 Å². The smallest absolute Gasteiger partial charge is 0.244 e. The summed E-state index contributed by atoms with van der Waals surface area (Å²) in [7, 11) is -3.80. The normalized spacial score (nSPS) is 12.4. The summed E-state index contributed by atoms with van der Waals surface area (Å²) < 4.78 is 26.7. The molecule has 0 spiro atoms. The van der Waals surface area contributed by atoms with E-state index < -0.39 is 28.5 Å². The molecule has 10 heteroatoms. The second-order valence-corrected chi connectivity index (χ2v) is 12.1. The molecule has 2 rings (SSSR count). The monoisotopic (exact) mass is 555 g/mol. The van der Waals surface area contributed by atoms with Crippen molar-refractivity contribution in [3.8, 4) is 0 Å². The Morgan fingerprint density at radius 3 is 2.31 bits per heavy atom. The highest BCUT2D eigenvalue weighted by molar-refractivity contribution is 7.92. The van der Waals surface area contributed by atoms with Gasteiger partial charge in [-0.1, -0.05) is 62.2 Å². The van der Waals surface area contributed by atoms with Crippen molar-refractivity contribution in [2.75, 3.05) is 23.7 Å². The number of hydrogen-bond donors (Lipinski definition) is 1. The molecular weight excluding hydrogens is 521 g/mol. The summed E-state index contributed by atoms with van der Waals surface area (Å²) in [6.07, 6.45) is 1.40. The van der Waals surface area contributed by atoms with Gasteiger partial charge in [-0.15, -0.1) is 0 Å². The molecule has 0 aromatic heterocycles. The van der Waals surface area contributed by atoms with Crippen molar-refractivity contribution in [1.29, 1.82) is 0 Å². The van der Waals surface area contributed by atoms with Gasteiger partial charge < -0.3 is 10.2 Å². The van der Waals surface area contributed by atoms with Gasteiger partial charge in [0.05, 0.1) is 11.9 Å². The van der Waals surface area contributed by atoms with Crippen molar-refractivity contribution in [1.82, 2.24) is 10.2 Å². The lowest BCUT2D eigenvalue weighted by Gasteiger charge is -2.33. The maximum Gasteiger partial charge on any atom is 0.244 e. The number of amides is 2. The van der Waals surface area contributed by atoms with Crippen LogP contribution in [-0.2, 0) is 26.2 Å². The lowest BCUT2D eigenvalue weighted by Crippen LogP contribution is -2.52. The SMILES string of the molecule is CC[C@@H](C(=O)NCC(C)C)N(Cc1ccc(Cl)cc1Cl)C(=O)CN(c1cccc(C)c1C)S(C)(=O)=O. The van der Waals surface area contributed by atoms with Crippen LogP contribution in [0, 0.1) is 19.8 Å². The number of carbonyl (C=O) groups excluding carboxylic acids is 2. The summed E-state index contributed by atoms with van der Waals surface area (Å²) in [4.78, 5) is 28.3. The van der Waals surface area contributed by atoms with Gasteiger partial charge >= 0.3 is 0 Å². The Bertz CT molecular complexity index is 1200. The molecule has 0 radical (unpaired) electrons. The van der Waals surface area contributed by atoms with Crippen molar-refractivity contribution >= 4 is 50.7 Å².